The standard InChI is InChI=1S/C12H17F2N3OS/c1-7(6-19-3)17(2)12(18)8-4-9(13)11(16-15)10(14)5-8/h4-5,7,16H,6,15H2,1-3H3. The first-order chi connectivity index (χ1) is 8.92. The number of halogens is 2. The molecule has 3 N–H and O–H groups in total. The predicted molar refractivity (Wildman–Crippen MR) is 74.1 cm³/mol. The van der Waals surface area contributed by atoms with Crippen molar-refractivity contribution in [2.75, 3.05) is 24.5 Å². The number of rotatable bonds is 5. The molecule has 4 nitrogen and oxygen atoms in total. The highest BCUT2D eigenvalue weighted by Crippen LogP contribution is 2.21. The van der Waals surface area contributed by atoms with Crippen molar-refractivity contribution in [3.05, 3.63) is 29.3 Å². The number of hydrogen-bond acceptors (Lipinski definition) is 4. The maximum atomic E-state index is 13.5. The Morgan fingerprint density at radius 1 is 1.47 bits per heavy atom. The number of benzene rings is 1. The third-order valence-electron chi connectivity index (χ3n) is 2.82. The second kappa shape index (κ2) is 6.72. The van der Waals surface area contributed by atoms with E-state index in [9.17, 15) is 13.6 Å². The van der Waals surface area contributed by atoms with Crippen molar-refractivity contribution < 1.29 is 13.6 Å². The highest BCUT2D eigenvalue weighted by molar-refractivity contribution is 7.98. The van der Waals surface area contributed by atoms with Gasteiger partial charge in [0.1, 0.15) is 5.69 Å². The summed E-state index contributed by atoms with van der Waals surface area (Å²) in [6.45, 7) is 1.87. The van der Waals surface area contributed by atoms with Crippen LogP contribution in [-0.4, -0.2) is 35.9 Å². The smallest absolute Gasteiger partial charge is 0.254 e. The van der Waals surface area contributed by atoms with Gasteiger partial charge in [0, 0.05) is 24.4 Å². The Hall–Kier alpha value is -1.34. The van der Waals surface area contributed by atoms with Gasteiger partial charge in [0.15, 0.2) is 11.6 Å². The Bertz CT molecular complexity index is 447. The topological polar surface area (TPSA) is 58.4 Å². The number of anilines is 1. The largest absolute Gasteiger partial charge is 0.338 e. The van der Waals surface area contributed by atoms with Crippen molar-refractivity contribution in [1.29, 1.82) is 0 Å². The summed E-state index contributed by atoms with van der Waals surface area (Å²) < 4.78 is 27.1. The molecule has 0 bridgehead atoms. The SMILES string of the molecule is CSCC(C)N(C)C(=O)c1cc(F)c(NN)c(F)c1. The molecule has 7 heteroatoms. The van der Waals surface area contributed by atoms with Gasteiger partial charge in [0.2, 0.25) is 0 Å². The third kappa shape index (κ3) is 3.57. The van der Waals surface area contributed by atoms with Crippen LogP contribution in [0.2, 0.25) is 0 Å². The minimum absolute atomic E-state index is 0.0269. The number of nitrogens with zero attached hydrogens (tertiary/aromatic N) is 1. The van der Waals surface area contributed by atoms with Crippen LogP contribution >= 0.6 is 11.8 Å². The van der Waals surface area contributed by atoms with E-state index >= 15 is 0 Å². The van der Waals surface area contributed by atoms with Gasteiger partial charge in [0.05, 0.1) is 0 Å². The van der Waals surface area contributed by atoms with Crippen LogP contribution in [0.4, 0.5) is 14.5 Å². The summed E-state index contributed by atoms with van der Waals surface area (Å²) in [5, 5.41) is 0. The van der Waals surface area contributed by atoms with E-state index in [-0.39, 0.29) is 11.6 Å². The predicted octanol–water partition coefficient (Wildman–Crippen LogP) is 2.07. The second-order valence-electron chi connectivity index (χ2n) is 4.18. The molecular weight excluding hydrogens is 272 g/mol. The van der Waals surface area contributed by atoms with Gasteiger partial charge in [-0.1, -0.05) is 0 Å². The van der Waals surface area contributed by atoms with Gasteiger partial charge < -0.3 is 10.3 Å². The number of carbonyl (C=O) groups excluding carboxylic acids is 1. The summed E-state index contributed by atoms with van der Waals surface area (Å²) in [7, 11) is 1.61. The van der Waals surface area contributed by atoms with Gasteiger partial charge in [-0.15, -0.1) is 0 Å². The summed E-state index contributed by atoms with van der Waals surface area (Å²) in [5.74, 6) is 3.53. The highest BCUT2D eigenvalue weighted by Gasteiger charge is 2.20. The molecule has 0 radical (unpaired) electrons. The molecule has 19 heavy (non-hydrogen) atoms. The molecule has 0 aliphatic heterocycles. The quantitative estimate of drug-likeness (QED) is 0.643. The van der Waals surface area contributed by atoms with Crippen molar-refractivity contribution in [2.45, 2.75) is 13.0 Å². The van der Waals surface area contributed by atoms with E-state index in [0.717, 1.165) is 17.9 Å². The fourth-order valence-electron chi connectivity index (χ4n) is 1.59. The molecule has 0 aromatic heterocycles. The number of carbonyl (C=O) groups is 1. The molecule has 1 atom stereocenters. The van der Waals surface area contributed by atoms with Gasteiger partial charge in [-0.25, -0.2) is 8.78 Å². The molecule has 0 saturated heterocycles. The molecule has 1 aromatic carbocycles. The molecule has 0 spiro atoms. The van der Waals surface area contributed by atoms with Crippen molar-refractivity contribution >= 4 is 23.4 Å². The van der Waals surface area contributed by atoms with E-state index in [2.05, 4.69) is 0 Å². The van der Waals surface area contributed by atoms with Gasteiger partial charge in [-0.3, -0.25) is 10.6 Å². The van der Waals surface area contributed by atoms with Crippen LogP contribution in [0.25, 0.3) is 0 Å². The summed E-state index contributed by atoms with van der Waals surface area (Å²) in [4.78, 5) is 13.6. The van der Waals surface area contributed by atoms with Crippen LogP contribution in [-0.2, 0) is 0 Å². The lowest BCUT2D eigenvalue weighted by Crippen LogP contribution is -2.36. The summed E-state index contributed by atoms with van der Waals surface area (Å²) in [6, 6.07) is 1.92. The fraction of sp³-hybridized carbons (Fsp3) is 0.417. The Morgan fingerprint density at radius 2 is 2.00 bits per heavy atom. The number of nitrogens with one attached hydrogen (secondary N) is 1. The third-order valence-corrected chi connectivity index (χ3v) is 3.64. The number of hydrogen-bond donors (Lipinski definition) is 2. The molecule has 1 amide bonds. The maximum absolute atomic E-state index is 13.5. The van der Waals surface area contributed by atoms with E-state index in [0.29, 0.717) is 0 Å². The molecule has 0 saturated carbocycles. The van der Waals surface area contributed by atoms with E-state index < -0.39 is 23.2 Å². The highest BCUT2D eigenvalue weighted by atomic mass is 32.2. The lowest BCUT2D eigenvalue weighted by atomic mass is 10.1. The van der Waals surface area contributed by atoms with E-state index in [4.69, 9.17) is 5.84 Å². The number of thioether (sulfide) groups is 1. The van der Waals surface area contributed by atoms with Crippen LogP contribution in [0.15, 0.2) is 12.1 Å². The summed E-state index contributed by atoms with van der Waals surface area (Å²) in [5.41, 5.74) is 1.44. The molecule has 1 unspecified atom stereocenters. The fourth-order valence-corrected chi connectivity index (χ4v) is 2.30. The van der Waals surface area contributed by atoms with Crippen molar-refractivity contribution in [3.8, 4) is 0 Å². The monoisotopic (exact) mass is 289 g/mol. The number of amides is 1. The molecule has 1 rings (SSSR count). The Kier molecular flexibility index (Phi) is 5.56. The molecule has 0 fully saturated rings. The average molecular weight is 289 g/mol. The number of nitrogens with two attached hydrogens (primary N) is 1. The lowest BCUT2D eigenvalue weighted by molar-refractivity contribution is 0.0756. The van der Waals surface area contributed by atoms with E-state index in [1.54, 1.807) is 18.8 Å². The van der Waals surface area contributed by atoms with Gasteiger partial charge in [0.25, 0.3) is 5.91 Å². The van der Waals surface area contributed by atoms with Gasteiger partial charge in [-0.2, -0.15) is 11.8 Å². The van der Waals surface area contributed by atoms with Crippen LogP contribution in [0, 0.1) is 11.6 Å². The first-order valence-electron chi connectivity index (χ1n) is 5.64. The first-order valence-corrected chi connectivity index (χ1v) is 7.03. The Morgan fingerprint density at radius 3 is 2.42 bits per heavy atom. The minimum Gasteiger partial charge on any atom is -0.338 e. The van der Waals surface area contributed by atoms with Crippen LogP contribution in [0.5, 0.6) is 0 Å². The summed E-state index contributed by atoms with van der Waals surface area (Å²) in [6.07, 6.45) is 1.93. The molecule has 0 aliphatic carbocycles. The molecular formula is C12H17F2N3OS. The molecule has 0 heterocycles. The van der Waals surface area contributed by atoms with E-state index in [1.807, 2.05) is 18.6 Å². The van der Waals surface area contributed by atoms with Gasteiger partial charge >= 0.3 is 0 Å². The zero-order chi connectivity index (χ0) is 14.6. The van der Waals surface area contributed by atoms with Crippen molar-refractivity contribution in [2.24, 2.45) is 5.84 Å². The van der Waals surface area contributed by atoms with E-state index in [1.165, 1.54) is 4.90 Å². The van der Waals surface area contributed by atoms with Crippen molar-refractivity contribution in [3.63, 3.8) is 0 Å². The van der Waals surface area contributed by atoms with Crippen LogP contribution in [0.1, 0.15) is 17.3 Å². The van der Waals surface area contributed by atoms with Gasteiger partial charge in [-0.05, 0) is 25.3 Å². The minimum atomic E-state index is -0.892. The second-order valence-corrected chi connectivity index (χ2v) is 5.09. The first kappa shape index (κ1) is 15.7. The number of hydrazine groups is 1. The maximum Gasteiger partial charge on any atom is 0.254 e. The average Bonchev–Trinajstić information content (AvgIpc) is 2.36. The van der Waals surface area contributed by atoms with Crippen molar-refractivity contribution in [1.82, 2.24) is 4.90 Å². The zero-order valence-electron chi connectivity index (χ0n) is 11.0. The normalized spacial score (nSPS) is 12.1. The molecule has 1 aromatic rings. The zero-order valence-corrected chi connectivity index (χ0v) is 11.9. The molecule has 106 valence electrons. The Labute approximate surface area is 115 Å². The lowest BCUT2D eigenvalue weighted by Gasteiger charge is -2.24. The summed E-state index contributed by atoms with van der Waals surface area (Å²) >= 11 is 1.59. The number of nitrogen functional groups attached to an aromatic ring is 1. The Balaban J connectivity index is 3.00. The molecule has 0 aliphatic rings. The van der Waals surface area contributed by atoms with Crippen LogP contribution in [0.3, 0.4) is 0 Å². The van der Waals surface area contributed by atoms with Crippen LogP contribution < -0.4 is 11.3 Å².